The molecule has 4 nitrogen and oxygen atoms in total. The molecule has 1 aliphatic rings. The van der Waals surface area contributed by atoms with E-state index in [0.29, 0.717) is 0 Å². The fourth-order valence-corrected chi connectivity index (χ4v) is 4.21. The molecule has 0 radical (unpaired) electrons. The molecule has 4 heteroatoms. The quantitative estimate of drug-likeness (QED) is 0.688. The number of nitrogens with zero attached hydrogens (tertiary/aromatic N) is 1. The van der Waals surface area contributed by atoms with Crippen LogP contribution in [0, 0.1) is 19.8 Å². The van der Waals surface area contributed by atoms with Crippen LogP contribution < -0.4 is 4.74 Å². The van der Waals surface area contributed by atoms with Gasteiger partial charge in [0, 0.05) is 30.1 Å². The summed E-state index contributed by atoms with van der Waals surface area (Å²) < 4.78 is 5.42. The van der Waals surface area contributed by atoms with Crippen LogP contribution in [0.5, 0.6) is 5.75 Å². The van der Waals surface area contributed by atoms with Crippen LogP contribution >= 0.6 is 0 Å². The van der Waals surface area contributed by atoms with Gasteiger partial charge in [-0.05, 0) is 75.0 Å². The maximum atomic E-state index is 13.1. The number of carbonyl (C=O) groups excluding carboxylic acids is 2. The number of likely N-dealkylation sites (tertiary alicyclic amines) is 1. The number of ketones is 2. The zero-order chi connectivity index (χ0) is 20.3. The molecule has 1 unspecified atom stereocenters. The molecule has 1 atom stereocenters. The van der Waals surface area contributed by atoms with Gasteiger partial charge in [0.25, 0.3) is 0 Å². The summed E-state index contributed by atoms with van der Waals surface area (Å²) in [6.07, 6.45) is 1.93. The molecule has 0 bridgehead atoms. The van der Waals surface area contributed by atoms with Gasteiger partial charge >= 0.3 is 0 Å². The first-order valence-electron chi connectivity index (χ1n) is 9.90. The molecule has 0 N–H and O–H groups in total. The highest BCUT2D eigenvalue weighted by Gasteiger charge is 2.27. The minimum absolute atomic E-state index is 0.0111. The Kier molecular flexibility index (Phi) is 6.30. The van der Waals surface area contributed by atoms with E-state index in [0.717, 1.165) is 66.0 Å². The molecule has 1 fully saturated rings. The first kappa shape index (κ1) is 20.3. The van der Waals surface area contributed by atoms with Gasteiger partial charge in [0.15, 0.2) is 11.6 Å². The zero-order valence-electron chi connectivity index (χ0n) is 17.2. The summed E-state index contributed by atoms with van der Waals surface area (Å²) in [4.78, 5) is 27.1. The summed E-state index contributed by atoms with van der Waals surface area (Å²) in [6.45, 7) is 8.07. The van der Waals surface area contributed by atoms with E-state index in [1.54, 1.807) is 14.0 Å². The van der Waals surface area contributed by atoms with Crippen molar-refractivity contribution in [3.63, 3.8) is 0 Å². The highest BCUT2D eigenvalue weighted by molar-refractivity contribution is 5.98. The van der Waals surface area contributed by atoms with Crippen molar-refractivity contribution in [2.75, 3.05) is 20.2 Å². The number of benzene rings is 2. The van der Waals surface area contributed by atoms with Crippen molar-refractivity contribution in [2.24, 2.45) is 5.92 Å². The monoisotopic (exact) mass is 379 g/mol. The fourth-order valence-electron chi connectivity index (χ4n) is 4.21. The summed E-state index contributed by atoms with van der Waals surface area (Å²) in [6, 6.07) is 11.7. The number of hydrogen-bond acceptors (Lipinski definition) is 4. The minimum Gasteiger partial charge on any atom is -0.496 e. The second-order valence-corrected chi connectivity index (χ2v) is 7.84. The van der Waals surface area contributed by atoms with Gasteiger partial charge in [-0.3, -0.25) is 14.5 Å². The Bertz CT molecular complexity index is 864. The van der Waals surface area contributed by atoms with E-state index in [1.807, 2.05) is 50.2 Å². The van der Waals surface area contributed by atoms with Gasteiger partial charge in [-0.15, -0.1) is 0 Å². The Labute approximate surface area is 167 Å². The van der Waals surface area contributed by atoms with Gasteiger partial charge in [0.1, 0.15) is 5.75 Å². The zero-order valence-corrected chi connectivity index (χ0v) is 17.2. The van der Waals surface area contributed by atoms with Crippen molar-refractivity contribution in [3.8, 4) is 5.75 Å². The number of aryl methyl sites for hydroxylation is 2. The molecule has 28 heavy (non-hydrogen) atoms. The van der Waals surface area contributed by atoms with Gasteiger partial charge in [-0.25, -0.2) is 0 Å². The van der Waals surface area contributed by atoms with Gasteiger partial charge in [-0.1, -0.05) is 18.2 Å². The summed E-state index contributed by atoms with van der Waals surface area (Å²) in [5.74, 6) is 1.17. The molecule has 0 amide bonds. The lowest BCUT2D eigenvalue weighted by Gasteiger charge is -2.32. The standard InChI is InChI=1S/C24H29NO3/c1-16-11-22(12-17(2)24(16)28-4)23(27)21-9-6-10-25(15-21)14-19-7-5-8-20(13-19)18(3)26/h5,7-8,11-13,21H,6,9-10,14-15H2,1-4H3. The second-order valence-electron chi connectivity index (χ2n) is 7.84. The van der Waals surface area contributed by atoms with Crippen LogP contribution in [0.4, 0.5) is 0 Å². The SMILES string of the molecule is COc1c(C)cc(C(=O)C2CCCN(Cc3cccc(C(C)=O)c3)C2)cc1C. The van der Waals surface area contributed by atoms with E-state index in [9.17, 15) is 9.59 Å². The molecule has 1 aliphatic heterocycles. The maximum Gasteiger partial charge on any atom is 0.167 e. The number of rotatable bonds is 6. The predicted octanol–water partition coefficient (Wildman–Crippen LogP) is 4.61. The van der Waals surface area contributed by atoms with Crippen LogP contribution in [-0.4, -0.2) is 36.7 Å². The molecule has 1 saturated heterocycles. The van der Waals surface area contributed by atoms with E-state index < -0.39 is 0 Å². The Morgan fingerprint density at radius 3 is 2.46 bits per heavy atom. The Morgan fingerprint density at radius 1 is 1.11 bits per heavy atom. The van der Waals surface area contributed by atoms with Crippen LogP contribution in [-0.2, 0) is 6.54 Å². The van der Waals surface area contributed by atoms with Crippen LogP contribution in [0.1, 0.15) is 57.2 Å². The smallest absolute Gasteiger partial charge is 0.167 e. The number of Topliss-reactive ketones (excluding diaryl/α,β-unsaturated/α-hetero) is 2. The first-order valence-corrected chi connectivity index (χ1v) is 9.90. The molecule has 0 aliphatic carbocycles. The molecule has 2 aromatic carbocycles. The Balaban J connectivity index is 1.72. The lowest BCUT2D eigenvalue weighted by molar-refractivity contribution is 0.0811. The van der Waals surface area contributed by atoms with Crippen LogP contribution in [0.25, 0.3) is 0 Å². The molecule has 2 aromatic rings. The topological polar surface area (TPSA) is 46.6 Å². The molecular weight excluding hydrogens is 350 g/mol. The Hall–Kier alpha value is -2.46. The predicted molar refractivity (Wildman–Crippen MR) is 111 cm³/mol. The summed E-state index contributed by atoms with van der Waals surface area (Å²) in [5.41, 5.74) is 4.64. The third kappa shape index (κ3) is 4.50. The van der Waals surface area contributed by atoms with Gasteiger partial charge in [0.05, 0.1) is 7.11 Å². The summed E-state index contributed by atoms with van der Waals surface area (Å²) in [7, 11) is 1.66. The number of hydrogen-bond donors (Lipinski definition) is 0. The summed E-state index contributed by atoms with van der Waals surface area (Å²) >= 11 is 0. The van der Waals surface area contributed by atoms with Crippen molar-refractivity contribution in [1.82, 2.24) is 4.90 Å². The number of piperidine rings is 1. The van der Waals surface area contributed by atoms with E-state index >= 15 is 0 Å². The van der Waals surface area contributed by atoms with Gasteiger partial charge in [-0.2, -0.15) is 0 Å². The van der Waals surface area contributed by atoms with E-state index in [1.165, 1.54) is 0 Å². The molecule has 0 spiro atoms. The van der Waals surface area contributed by atoms with Gasteiger partial charge in [0.2, 0.25) is 0 Å². The van der Waals surface area contributed by atoms with E-state index in [2.05, 4.69) is 4.90 Å². The Morgan fingerprint density at radius 2 is 1.82 bits per heavy atom. The molecule has 148 valence electrons. The lowest BCUT2D eigenvalue weighted by atomic mass is 9.88. The molecule has 3 rings (SSSR count). The van der Waals surface area contributed by atoms with E-state index in [4.69, 9.17) is 4.74 Å². The van der Waals surface area contributed by atoms with Crippen molar-refractivity contribution in [3.05, 3.63) is 64.2 Å². The molecule has 1 heterocycles. The largest absolute Gasteiger partial charge is 0.496 e. The summed E-state index contributed by atoms with van der Waals surface area (Å²) in [5, 5.41) is 0. The third-order valence-corrected chi connectivity index (χ3v) is 5.56. The maximum absolute atomic E-state index is 13.1. The van der Waals surface area contributed by atoms with Crippen LogP contribution in [0.3, 0.4) is 0 Å². The average molecular weight is 380 g/mol. The van der Waals surface area contributed by atoms with Crippen molar-refractivity contribution in [1.29, 1.82) is 0 Å². The second kappa shape index (κ2) is 8.70. The molecular formula is C24H29NO3. The third-order valence-electron chi connectivity index (χ3n) is 5.56. The van der Waals surface area contributed by atoms with E-state index in [-0.39, 0.29) is 17.5 Å². The van der Waals surface area contributed by atoms with Crippen molar-refractivity contribution in [2.45, 2.75) is 40.2 Å². The number of methoxy groups -OCH3 is 1. The lowest BCUT2D eigenvalue weighted by Crippen LogP contribution is -2.38. The molecule has 0 aromatic heterocycles. The highest BCUT2D eigenvalue weighted by Crippen LogP contribution is 2.28. The number of ether oxygens (including phenoxy) is 1. The van der Waals surface area contributed by atoms with Crippen molar-refractivity contribution < 1.29 is 14.3 Å². The number of carbonyl (C=O) groups is 2. The minimum atomic E-state index is 0.0111. The van der Waals surface area contributed by atoms with Crippen LogP contribution in [0.2, 0.25) is 0 Å². The van der Waals surface area contributed by atoms with Crippen molar-refractivity contribution >= 4 is 11.6 Å². The normalized spacial score (nSPS) is 17.4. The van der Waals surface area contributed by atoms with Gasteiger partial charge < -0.3 is 4.74 Å². The van der Waals surface area contributed by atoms with Crippen LogP contribution in [0.15, 0.2) is 36.4 Å². The average Bonchev–Trinajstić information content (AvgIpc) is 2.67. The first-order chi connectivity index (χ1) is 13.4. The highest BCUT2D eigenvalue weighted by atomic mass is 16.5. The fraction of sp³-hybridized carbons (Fsp3) is 0.417. The molecule has 0 saturated carbocycles.